The normalized spacial score (nSPS) is 20.5. The third kappa shape index (κ3) is 9.89. The van der Waals surface area contributed by atoms with Crippen LogP contribution in [0.5, 0.6) is 5.75 Å². The number of nitrogens with two attached hydrogens (primary N) is 1. The number of nitrogens with one attached hydrogen (secondary N) is 4. The van der Waals surface area contributed by atoms with E-state index >= 15 is 0 Å². The molecule has 0 saturated carbocycles. The molecular weight excluding hydrogens is 624 g/mol. The summed E-state index contributed by atoms with van der Waals surface area (Å²) in [5, 5.41) is 29.7. The number of carbonyl (C=O) groups is 6. The Hall–Kier alpha value is -4.73. The van der Waals surface area contributed by atoms with Gasteiger partial charge in [-0.05, 0) is 70.2 Å². The van der Waals surface area contributed by atoms with Crippen LogP contribution in [0.3, 0.4) is 0 Å². The Morgan fingerprint density at radius 1 is 1.15 bits per heavy atom. The molecule has 2 unspecified atom stereocenters. The molecule has 0 spiro atoms. The Morgan fingerprint density at radius 2 is 1.88 bits per heavy atom. The van der Waals surface area contributed by atoms with Crippen LogP contribution in [0.2, 0.25) is 0 Å². The molecule has 1 aromatic rings. The van der Waals surface area contributed by atoms with Gasteiger partial charge in [-0.15, -0.1) is 0 Å². The van der Waals surface area contributed by atoms with Crippen LogP contribution in [-0.4, -0.2) is 118 Å². The van der Waals surface area contributed by atoms with Crippen molar-refractivity contribution in [3.05, 3.63) is 23.8 Å². The molecule has 16 nitrogen and oxygen atoms in total. The number of aliphatic imine (C=N–C) groups is 1. The molecule has 2 fully saturated rings. The van der Waals surface area contributed by atoms with Crippen LogP contribution in [0, 0.1) is 0 Å². The van der Waals surface area contributed by atoms with Crippen LogP contribution in [-0.2, 0) is 35.2 Å². The van der Waals surface area contributed by atoms with E-state index < -0.39 is 54.9 Å². The highest BCUT2D eigenvalue weighted by atomic mass is 16.4. The maximum absolute atomic E-state index is 14.0. The summed E-state index contributed by atoms with van der Waals surface area (Å²) in [5.74, 6) is -4.02. The monoisotopic (exact) mass is 672 g/mol. The van der Waals surface area contributed by atoms with Crippen molar-refractivity contribution in [1.82, 2.24) is 31.1 Å². The largest absolute Gasteiger partial charge is 0.506 e. The van der Waals surface area contributed by atoms with Crippen molar-refractivity contribution in [2.24, 2.45) is 4.99 Å². The average molecular weight is 673 g/mol. The second-order valence-electron chi connectivity index (χ2n) is 11.9. The fourth-order valence-corrected chi connectivity index (χ4v) is 6.04. The topological polar surface area (TPSA) is 236 Å². The van der Waals surface area contributed by atoms with Gasteiger partial charge in [-0.2, -0.15) is 0 Å². The zero-order valence-electron chi connectivity index (χ0n) is 27.7. The van der Waals surface area contributed by atoms with Crippen LogP contribution in [0.4, 0.5) is 5.69 Å². The smallest absolute Gasteiger partial charge is 0.326 e. The number of benzene rings is 1. The Morgan fingerprint density at radius 3 is 2.54 bits per heavy atom. The van der Waals surface area contributed by atoms with E-state index in [4.69, 9.17) is 5.73 Å². The molecule has 3 rings (SSSR count). The van der Waals surface area contributed by atoms with Crippen molar-refractivity contribution in [3.63, 3.8) is 0 Å². The number of anilines is 1. The van der Waals surface area contributed by atoms with Crippen molar-refractivity contribution in [2.45, 2.75) is 96.1 Å². The number of carboxylic acid groups (broad SMARTS) is 1. The van der Waals surface area contributed by atoms with Crippen LogP contribution in [0.25, 0.3) is 0 Å². The summed E-state index contributed by atoms with van der Waals surface area (Å²) in [6.45, 7) is 5.50. The molecule has 0 aliphatic carbocycles. The summed E-state index contributed by atoms with van der Waals surface area (Å²) in [6, 6.07) is 1.03. The summed E-state index contributed by atoms with van der Waals surface area (Å²) in [4.78, 5) is 84.3. The molecule has 5 atom stereocenters. The number of rotatable bonds is 17. The maximum atomic E-state index is 14.0. The molecule has 16 heteroatoms. The van der Waals surface area contributed by atoms with Crippen molar-refractivity contribution < 1.29 is 39.0 Å². The van der Waals surface area contributed by atoms with Crippen LogP contribution in [0.1, 0.15) is 64.9 Å². The molecule has 0 aromatic heterocycles. The molecule has 0 radical (unpaired) electrons. The van der Waals surface area contributed by atoms with Gasteiger partial charge in [0.05, 0.1) is 31.0 Å². The van der Waals surface area contributed by atoms with Gasteiger partial charge in [-0.1, -0.05) is 19.1 Å². The number of hydrogen-bond acceptors (Lipinski definition) is 10. The van der Waals surface area contributed by atoms with Gasteiger partial charge in [0.25, 0.3) is 0 Å². The number of para-hydroxylation sites is 1. The van der Waals surface area contributed by atoms with Gasteiger partial charge in [-0.3, -0.25) is 34.3 Å². The molecule has 2 saturated heterocycles. The first kappa shape index (κ1) is 37.7. The second-order valence-corrected chi connectivity index (χ2v) is 11.9. The zero-order chi connectivity index (χ0) is 35.4. The van der Waals surface area contributed by atoms with E-state index in [-0.39, 0.29) is 41.9 Å². The fourth-order valence-electron chi connectivity index (χ4n) is 6.04. The number of aromatic hydroxyl groups is 1. The SMILES string of the molecule is C/C=N/CCCC[C@@H](C(=O)N1CCC[C@H]1C(=O)NCC(=O)NCC(=O)N[C@@H](Cc1cccc(O)c1N)C(=O)O)N1C(=O)C(CC)NC1C. The Bertz CT molecular complexity index is 1370. The van der Waals surface area contributed by atoms with E-state index in [0.717, 1.165) is 6.42 Å². The Balaban J connectivity index is 1.55. The van der Waals surface area contributed by atoms with Crippen molar-refractivity contribution in [3.8, 4) is 5.75 Å². The van der Waals surface area contributed by atoms with Gasteiger partial charge in [-0.25, -0.2) is 4.79 Å². The van der Waals surface area contributed by atoms with E-state index in [9.17, 15) is 39.0 Å². The number of amides is 5. The Labute approximate surface area is 279 Å². The standard InChI is InChI=1S/C32H48N8O8/c1-4-21-30(45)40(19(3)37-21)24(11-6-7-14-34-5-2)31(46)39-15-9-12-23(39)29(44)36-17-26(42)35-18-27(43)38-22(32(47)48)16-20-10-8-13-25(41)28(20)33/h5,8,10,13,19,21-24,37,41H,4,6-7,9,11-12,14-18,33H2,1-3H3,(H,35,42)(H,36,44)(H,38,43)(H,47,48)/b34-5+/t19?,21?,22-,23-,24-/m0/s1. The maximum Gasteiger partial charge on any atom is 0.326 e. The lowest BCUT2D eigenvalue weighted by Crippen LogP contribution is -2.56. The van der Waals surface area contributed by atoms with Gasteiger partial charge in [0.15, 0.2) is 0 Å². The van der Waals surface area contributed by atoms with Gasteiger partial charge >= 0.3 is 5.97 Å². The highest BCUT2D eigenvalue weighted by Gasteiger charge is 2.45. The number of hydrogen-bond donors (Lipinski definition) is 7. The highest BCUT2D eigenvalue weighted by Crippen LogP contribution is 2.26. The third-order valence-electron chi connectivity index (χ3n) is 8.58. The minimum atomic E-state index is -1.37. The van der Waals surface area contributed by atoms with E-state index in [0.29, 0.717) is 50.8 Å². The Kier molecular flexibility index (Phi) is 14.1. The molecular formula is C32H48N8O8. The van der Waals surface area contributed by atoms with Crippen LogP contribution < -0.4 is 27.0 Å². The number of unbranched alkanes of at least 4 members (excludes halogenated alkanes) is 1. The molecule has 264 valence electrons. The highest BCUT2D eigenvalue weighted by molar-refractivity contribution is 5.95. The number of carboxylic acids is 1. The minimum absolute atomic E-state index is 0.000977. The number of carbonyl (C=O) groups excluding carboxylic acids is 5. The summed E-state index contributed by atoms with van der Waals surface area (Å²) >= 11 is 0. The van der Waals surface area contributed by atoms with Crippen molar-refractivity contribution in [1.29, 1.82) is 0 Å². The number of phenols is 1. The first-order chi connectivity index (χ1) is 22.9. The van der Waals surface area contributed by atoms with E-state index in [2.05, 4.69) is 26.3 Å². The van der Waals surface area contributed by atoms with Gasteiger partial charge < -0.3 is 41.7 Å². The molecule has 0 bridgehead atoms. The van der Waals surface area contributed by atoms with E-state index in [1.807, 2.05) is 20.8 Å². The van der Waals surface area contributed by atoms with E-state index in [1.165, 1.54) is 23.1 Å². The molecule has 8 N–H and O–H groups in total. The van der Waals surface area contributed by atoms with Gasteiger partial charge in [0.1, 0.15) is 23.9 Å². The third-order valence-corrected chi connectivity index (χ3v) is 8.58. The molecule has 2 heterocycles. The quantitative estimate of drug-likeness (QED) is 0.0485. The van der Waals surface area contributed by atoms with Crippen LogP contribution >= 0.6 is 0 Å². The first-order valence-corrected chi connectivity index (χ1v) is 16.4. The number of nitrogens with zero attached hydrogens (tertiary/aromatic N) is 3. The lowest BCUT2D eigenvalue weighted by atomic mass is 10.0. The molecule has 2 aliphatic heterocycles. The van der Waals surface area contributed by atoms with Crippen LogP contribution in [0.15, 0.2) is 23.2 Å². The molecule has 5 amide bonds. The van der Waals surface area contributed by atoms with Crippen molar-refractivity contribution >= 4 is 47.4 Å². The lowest BCUT2D eigenvalue weighted by molar-refractivity contribution is -0.148. The van der Waals surface area contributed by atoms with Gasteiger partial charge in [0, 0.05) is 19.5 Å². The summed E-state index contributed by atoms with van der Waals surface area (Å²) in [5.41, 5.74) is 6.12. The second kappa shape index (κ2) is 18.0. The summed E-state index contributed by atoms with van der Waals surface area (Å²) in [7, 11) is 0. The minimum Gasteiger partial charge on any atom is -0.506 e. The van der Waals surface area contributed by atoms with Gasteiger partial charge in [0.2, 0.25) is 29.5 Å². The number of aliphatic carboxylic acids is 1. The molecule has 2 aliphatic rings. The number of nitrogen functional groups attached to an aromatic ring is 1. The molecule has 1 aromatic carbocycles. The fraction of sp³-hybridized carbons (Fsp3) is 0.594. The number of likely N-dealkylation sites (tertiary alicyclic amines) is 1. The average Bonchev–Trinajstić information content (AvgIpc) is 3.66. The zero-order valence-corrected chi connectivity index (χ0v) is 27.7. The molecule has 48 heavy (non-hydrogen) atoms. The van der Waals surface area contributed by atoms with E-state index in [1.54, 1.807) is 11.1 Å². The van der Waals surface area contributed by atoms with Crippen molar-refractivity contribution in [2.75, 3.05) is 31.9 Å². The predicted octanol–water partition coefficient (Wildman–Crippen LogP) is -0.504. The first-order valence-electron chi connectivity index (χ1n) is 16.4. The summed E-state index contributed by atoms with van der Waals surface area (Å²) < 4.78 is 0. The lowest BCUT2D eigenvalue weighted by Gasteiger charge is -2.35. The summed E-state index contributed by atoms with van der Waals surface area (Å²) in [6.07, 6.45) is 4.55. The predicted molar refractivity (Wildman–Crippen MR) is 177 cm³/mol. The number of phenolic OH excluding ortho intramolecular Hbond substituents is 1.